The van der Waals surface area contributed by atoms with Crippen molar-refractivity contribution in [2.24, 2.45) is 11.7 Å². The molecule has 6 heteroatoms. The monoisotopic (exact) mass is 297 g/mol. The third kappa shape index (κ3) is 3.55. The third-order valence-corrected chi connectivity index (χ3v) is 4.83. The molecule has 0 aliphatic carbocycles. The first kappa shape index (κ1) is 16.2. The molecule has 6 nitrogen and oxygen atoms in total. The maximum absolute atomic E-state index is 12.2. The van der Waals surface area contributed by atoms with E-state index in [2.05, 4.69) is 4.90 Å². The Hall–Kier alpha value is -1.14. The summed E-state index contributed by atoms with van der Waals surface area (Å²) in [5.74, 6) is -0.544. The molecule has 21 heavy (non-hydrogen) atoms. The zero-order valence-corrected chi connectivity index (χ0v) is 13.0. The number of hydrogen-bond acceptors (Lipinski definition) is 4. The summed E-state index contributed by atoms with van der Waals surface area (Å²) in [5.41, 5.74) is 5.93. The highest BCUT2D eigenvalue weighted by atomic mass is 16.4. The molecule has 3 N–H and O–H groups in total. The molecule has 2 fully saturated rings. The summed E-state index contributed by atoms with van der Waals surface area (Å²) in [6.45, 7) is 6.15. The van der Waals surface area contributed by atoms with Crippen molar-refractivity contribution >= 4 is 11.9 Å². The van der Waals surface area contributed by atoms with Gasteiger partial charge in [0.05, 0.1) is 6.04 Å². The Morgan fingerprint density at radius 1 is 1.14 bits per heavy atom. The van der Waals surface area contributed by atoms with Gasteiger partial charge in [-0.3, -0.25) is 14.5 Å². The van der Waals surface area contributed by atoms with Gasteiger partial charge in [-0.1, -0.05) is 13.8 Å². The summed E-state index contributed by atoms with van der Waals surface area (Å²) in [6, 6.07) is -0.483. The molecule has 0 radical (unpaired) electrons. The first-order chi connectivity index (χ1) is 9.91. The van der Waals surface area contributed by atoms with Crippen LogP contribution in [0.4, 0.5) is 0 Å². The number of aliphatic carboxylic acids is 1. The van der Waals surface area contributed by atoms with Crippen molar-refractivity contribution in [3.63, 3.8) is 0 Å². The molecule has 0 bridgehead atoms. The Balaban J connectivity index is 1.88. The van der Waals surface area contributed by atoms with Crippen molar-refractivity contribution in [2.45, 2.75) is 57.7 Å². The molecule has 0 aromatic carbocycles. The van der Waals surface area contributed by atoms with Crippen molar-refractivity contribution in [2.75, 3.05) is 19.6 Å². The van der Waals surface area contributed by atoms with E-state index in [1.165, 1.54) is 0 Å². The van der Waals surface area contributed by atoms with E-state index in [1.54, 1.807) is 0 Å². The fourth-order valence-corrected chi connectivity index (χ4v) is 3.41. The number of hydrogen-bond donors (Lipinski definition) is 2. The van der Waals surface area contributed by atoms with Crippen LogP contribution in [-0.4, -0.2) is 64.5 Å². The smallest absolute Gasteiger partial charge is 0.320 e. The van der Waals surface area contributed by atoms with Crippen LogP contribution in [0.15, 0.2) is 0 Å². The van der Waals surface area contributed by atoms with Gasteiger partial charge in [-0.15, -0.1) is 0 Å². The number of likely N-dealkylation sites (tertiary alicyclic amines) is 2. The molecular weight excluding hydrogens is 270 g/mol. The minimum Gasteiger partial charge on any atom is -0.480 e. The lowest BCUT2D eigenvalue weighted by atomic mass is 9.99. The highest BCUT2D eigenvalue weighted by molar-refractivity contribution is 5.82. The van der Waals surface area contributed by atoms with E-state index >= 15 is 0 Å². The topological polar surface area (TPSA) is 86.9 Å². The van der Waals surface area contributed by atoms with Crippen molar-refractivity contribution in [3.05, 3.63) is 0 Å². The van der Waals surface area contributed by atoms with Crippen LogP contribution in [0, 0.1) is 5.92 Å². The van der Waals surface area contributed by atoms with Gasteiger partial charge in [0.1, 0.15) is 6.04 Å². The largest absolute Gasteiger partial charge is 0.480 e. The predicted molar refractivity (Wildman–Crippen MR) is 79.8 cm³/mol. The Kier molecular flexibility index (Phi) is 5.22. The summed E-state index contributed by atoms with van der Waals surface area (Å²) in [7, 11) is 0. The molecule has 0 aromatic rings. The second-order valence-corrected chi connectivity index (χ2v) is 6.56. The minimum absolute atomic E-state index is 0.0275. The fraction of sp³-hybridized carbons (Fsp3) is 0.867. The van der Waals surface area contributed by atoms with Gasteiger partial charge < -0.3 is 15.7 Å². The maximum atomic E-state index is 12.2. The molecule has 2 atom stereocenters. The molecule has 2 unspecified atom stereocenters. The molecule has 0 spiro atoms. The number of carboxylic acids is 1. The Bertz CT molecular complexity index is 392. The predicted octanol–water partition coefficient (Wildman–Crippen LogP) is 0.510. The SMILES string of the molecule is CC(C)C(N)C(=O)N1CCC(N2CCCC2C(=O)O)CC1. The summed E-state index contributed by atoms with van der Waals surface area (Å²) >= 11 is 0. The highest BCUT2D eigenvalue weighted by Gasteiger charge is 2.37. The first-order valence-corrected chi connectivity index (χ1v) is 7.94. The second kappa shape index (κ2) is 6.75. The zero-order valence-electron chi connectivity index (χ0n) is 13.0. The Morgan fingerprint density at radius 3 is 2.29 bits per heavy atom. The normalized spacial score (nSPS) is 26.3. The van der Waals surface area contributed by atoms with Crippen LogP contribution in [0.2, 0.25) is 0 Å². The number of carbonyl (C=O) groups excluding carboxylic acids is 1. The van der Waals surface area contributed by atoms with Crippen molar-refractivity contribution in [1.82, 2.24) is 9.80 Å². The molecule has 1 amide bonds. The molecular formula is C15H27N3O3. The zero-order chi connectivity index (χ0) is 15.6. The van der Waals surface area contributed by atoms with Crippen LogP contribution in [0.5, 0.6) is 0 Å². The third-order valence-electron chi connectivity index (χ3n) is 4.83. The fourth-order valence-electron chi connectivity index (χ4n) is 3.41. The standard InChI is InChI=1S/C15H27N3O3/c1-10(2)13(16)14(19)17-8-5-11(6-9-17)18-7-3-4-12(18)15(20)21/h10-13H,3-9,16H2,1-2H3,(H,20,21). The minimum atomic E-state index is -0.715. The lowest BCUT2D eigenvalue weighted by Crippen LogP contribution is -2.53. The van der Waals surface area contributed by atoms with Gasteiger partial charge in [0.2, 0.25) is 5.91 Å². The van der Waals surface area contributed by atoms with Gasteiger partial charge in [-0.2, -0.15) is 0 Å². The number of amides is 1. The van der Waals surface area contributed by atoms with Crippen molar-refractivity contribution < 1.29 is 14.7 Å². The van der Waals surface area contributed by atoms with Crippen LogP contribution >= 0.6 is 0 Å². The van der Waals surface area contributed by atoms with Gasteiger partial charge in [0.25, 0.3) is 0 Å². The lowest BCUT2D eigenvalue weighted by Gasteiger charge is -2.39. The number of carbonyl (C=O) groups is 2. The van der Waals surface area contributed by atoms with E-state index < -0.39 is 12.0 Å². The second-order valence-electron chi connectivity index (χ2n) is 6.56. The van der Waals surface area contributed by atoms with Crippen LogP contribution in [0.1, 0.15) is 39.5 Å². The van der Waals surface area contributed by atoms with Crippen molar-refractivity contribution in [3.8, 4) is 0 Å². The van der Waals surface area contributed by atoms with Gasteiger partial charge >= 0.3 is 5.97 Å². The van der Waals surface area contributed by atoms with Gasteiger partial charge in [0.15, 0.2) is 0 Å². The number of nitrogens with zero attached hydrogens (tertiary/aromatic N) is 2. The van der Waals surface area contributed by atoms with E-state index in [4.69, 9.17) is 5.73 Å². The molecule has 2 aliphatic heterocycles. The quantitative estimate of drug-likeness (QED) is 0.789. The summed E-state index contributed by atoms with van der Waals surface area (Å²) < 4.78 is 0. The van der Waals surface area contributed by atoms with Crippen molar-refractivity contribution in [1.29, 1.82) is 0 Å². The number of nitrogens with two attached hydrogens (primary N) is 1. The number of carboxylic acid groups (broad SMARTS) is 1. The summed E-state index contributed by atoms with van der Waals surface area (Å²) in [4.78, 5) is 27.5. The average molecular weight is 297 g/mol. The molecule has 2 rings (SSSR count). The van der Waals surface area contributed by atoms with E-state index in [9.17, 15) is 14.7 Å². The van der Waals surface area contributed by atoms with E-state index in [0.717, 1.165) is 32.2 Å². The molecule has 0 saturated carbocycles. The molecule has 120 valence electrons. The van der Waals surface area contributed by atoms with Crippen LogP contribution in [0.3, 0.4) is 0 Å². The molecule has 2 heterocycles. The van der Waals surface area contributed by atoms with E-state index in [0.29, 0.717) is 13.1 Å². The molecule has 2 aliphatic rings. The summed E-state index contributed by atoms with van der Waals surface area (Å²) in [5, 5.41) is 9.27. The van der Waals surface area contributed by atoms with Gasteiger partial charge in [-0.05, 0) is 38.1 Å². The first-order valence-electron chi connectivity index (χ1n) is 7.94. The van der Waals surface area contributed by atoms with E-state index in [-0.39, 0.29) is 23.9 Å². The summed E-state index contributed by atoms with van der Waals surface area (Å²) in [6.07, 6.45) is 3.39. The molecule has 2 saturated heterocycles. The van der Waals surface area contributed by atoms with Crippen LogP contribution in [0.25, 0.3) is 0 Å². The lowest BCUT2D eigenvalue weighted by molar-refractivity contribution is -0.144. The van der Waals surface area contributed by atoms with Gasteiger partial charge in [-0.25, -0.2) is 0 Å². The Morgan fingerprint density at radius 2 is 1.76 bits per heavy atom. The van der Waals surface area contributed by atoms with Crippen LogP contribution in [-0.2, 0) is 9.59 Å². The highest BCUT2D eigenvalue weighted by Crippen LogP contribution is 2.26. The van der Waals surface area contributed by atoms with Crippen LogP contribution < -0.4 is 5.73 Å². The number of rotatable bonds is 4. The average Bonchev–Trinajstić information content (AvgIpc) is 2.95. The molecule has 0 aromatic heterocycles. The maximum Gasteiger partial charge on any atom is 0.320 e. The van der Waals surface area contributed by atoms with Gasteiger partial charge in [0, 0.05) is 19.1 Å². The van der Waals surface area contributed by atoms with E-state index in [1.807, 2.05) is 18.7 Å². The Labute approximate surface area is 126 Å². The number of piperidine rings is 1.